The molecule has 2 N–H and O–H groups in total. The molecule has 0 aliphatic heterocycles. The summed E-state index contributed by atoms with van der Waals surface area (Å²) >= 11 is 0. The lowest BCUT2D eigenvalue weighted by molar-refractivity contribution is 0.0956. The summed E-state index contributed by atoms with van der Waals surface area (Å²) < 4.78 is 7.20. The summed E-state index contributed by atoms with van der Waals surface area (Å²) in [6, 6.07) is 15.1. The number of anilines is 2. The number of carbonyl (C=O) groups excluding carboxylic acids is 1. The molecule has 0 aliphatic carbocycles. The molecule has 29 heavy (non-hydrogen) atoms. The molecule has 0 saturated carbocycles. The zero-order chi connectivity index (χ0) is 20.2. The van der Waals surface area contributed by atoms with E-state index in [1.165, 1.54) is 0 Å². The van der Waals surface area contributed by atoms with Gasteiger partial charge in [0, 0.05) is 35.8 Å². The second kappa shape index (κ2) is 8.02. The summed E-state index contributed by atoms with van der Waals surface area (Å²) in [7, 11) is 1.64. The average Bonchev–Trinajstić information content (AvgIpc) is 3.13. The Hall–Kier alpha value is -3.87. The van der Waals surface area contributed by atoms with E-state index >= 15 is 0 Å². The molecule has 0 saturated heterocycles. The molecule has 2 aromatic carbocycles. The third-order valence-corrected chi connectivity index (χ3v) is 4.54. The van der Waals surface area contributed by atoms with Gasteiger partial charge >= 0.3 is 0 Å². The Balaban J connectivity index is 1.71. The van der Waals surface area contributed by atoms with Gasteiger partial charge in [-0.2, -0.15) is 0 Å². The van der Waals surface area contributed by atoms with Crippen molar-refractivity contribution >= 4 is 23.1 Å². The van der Waals surface area contributed by atoms with Crippen molar-refractivity contribution in [1.29, 1.82) is 0 Å². The first-order chi connectivity index (χ1) is 14.2. The van der Waals surface area contributed by atoms with E-state index in [0.29, 0.717) is 12.1 Å². The molecular weight excluding hydrogens is 366 g/mol. The standard InChI is InChI=1S/C22H21N5O2/c1-3-24-22(28)16-4-8-17(9-5-16)25-21-20(15-6-10-18(29-2)11-7-15)26-19-14-23-12-13-27(19)21/h4-14,25H,3H2,1-2H3,(H,24,28). The normalized spacial score (nSPS) is 10.7. The van der Waals surface area contributed by atoms with E-state index in [4.69, 9.17) is 9.72 Å². The van der Waals surface area contributed by atoms with Crippen molar-refractivity contribution in [3.8, 4) is 17.0 Å². The van der Waals surface area contributed by atoms with Gasteiger partial charge in [-0.1, -0.05) is 0 Å². The van der Waals surface area contributed by atoms with E-state index in [2.05, 4.69) is 15.6 Å². The zero-order valence-corrected chi connectivity index (χ0v) is 16.2. The number of carbonyl (C=O) groups is 1. The van der Waals surface area contributed by atoms with Crippen molar-refractivity contribution in [3.05, 3.63) is 72.7 Å². The van der Waals surface area contributed by atoms with Crippen molar-refractivity contribution in [2.75, 3.05) is 19.0 Å². The number of benzene rings is 2. The number of aromatic nitrogens is 3. The summed E-state index contributed by atoms with van der Waals surface area (Å²) in [5, 5.41) is 6.23. The fourth-order valence-corrected chi connectivity index (χ4v) is 3.08. The molecule has 0 unspecified atom stereocenters. The minimum atomic E-state index is -0.0844. The summed E-state index contributed by atoms with van der Waals surface area (Å²) in [4.78, 5) is 20.9. The second-order valence-corrected chi connectivity index (χ2v) is 6.40. The molecule has 1 amide bonds. The van der Waals surface area contributed by atoms with Gasteiger partial charge in [-0.15, -0.1) is 0 Å². The molecule has 0 atom stereocenters. The lowest BCUT2D eigenvalue weighted by atomic mass is 10.1. The lowest BCUT2D eigenvalue weighted by Gasteiger charge is -2.10. The highest BCUT2D eigenvalue weighted by Gasteiger charge is 2.15. The van der Waals surface area contributed by atoms with Gasteiger partial charge in [-0.05, 0) is 55.5 Å². The topological polar surface area (TPSA) is 80.5 Å². The Bertz CT molecular complexity index is 1130. The maximum atomic E-state index is 12.0. The molecule has 0 radical (unpaired) electrons. The molecule has 0 spiro atoms. The van der Waals surface area contributed by atoms with Crippen LogP contribution in [-0.2, 0) is 0 Å². The highest BCUT2D eigenvalue weighted by atomic mass is 16.5. The van der Waals surface area contributed by atoms with E-state index in [0.717, 1.165) is 34.2 Å². The number of amides is 1. The average molecular weight is 387 g/mol. The van der Waals surface area contributed by atoms with Gasteiger partial charge in [-0.25, -0.2) is 4.98 Å². The monoisotopic (exact) mass is 387 g/mol. The highest BCUT2D eigenvalue weighted by molar-refractivity contribution is 5.94. The minimum Gasteiger partial charge on any atom is -0.497 e. The highest BCUT2D eigenvalue weighted by Crippen LogP contribution is 2.31. The molecule has 4 rings (SSSR count). The summed E-state index contributed by atoms with van der Waals surface area (Å²) in [5.41, 5.74) is 3.96. The molecule has 2 heterocycles. The SMILES string of the molecule is CCNC(=O)c1ccc(Nc2c(-c3ccc(OC)cc3)nc3cnccn23)cc1. The van der Waals surface area contributed by atoms with Gasteiger partial charge in [0.1, 0.15) is 17.3 Å². The first kappa shape index (κ1) is 18.5. The summed E-state index contributed by atoms with van der Waals surface area (Å²) in [5.74, 6) is 1.52. The Kier molecular flexibility index (Phi) is 5.11. The fraction of sp³-hybridized carbons (Fsp3) is 0.136. The van der Waals surface area contributed by atoms with E-state index < -0.39 is 0 Å². The van der Waals surface area contributed by atoms with Gasteiger partial charge in [0.25, 0.3) is 5.91 Å². The van der Waals surface area contributed by atoms with Crippen molar-refractivity contribution in [3.63, 3.8) is 0 Å². The van der Waals surface area contributed by atoms with Gasteiger partial charge in [-0.3, -0.25) is 14.2 Å². The maximum Gasteiger partial charge on any atom is 0.251 e. The lowest BCUT2D eigenvalue weighted by Crippen LogP contribution is -2.22. The van der Waals surface area contributed by atoms with Crippen LogP contribution in [0.15, 0.2) is 67.1 Å². The predicted octanol–water partition coefficient (Wildman–Crippen LogP) is 3.90. The van der Waals surface area contributed by atoms with Crippen LogP contribution in [0.1, 0.15) is 17.3 Å². The van der Waals surface area contributed by atoms with E-state index in [1.807, 2.05) is 53.9 Å². The van der Waals surface area contributed by atoms with E-state index in [1.54, 1.807) is 31.6 Å². The Morgan fingerprint density at radius 3 is 2.55 bits per heavy atom. The Morgan fingerprint density at radius 2 is 1.86 bits per heavy atom. The molecule has 146 valence electrons. The number of rotatable bonds is 6. The number of hydrogen-bond acceptors (Lipinski definition) is 5. The first-order valence-corrected chi connectivity index (χ1v) is 9.31. The van der Waals surface area contributed by atoms with Gasteiger partial charge < -0.3 is 15.4 Å². The predicted molar refractivity (Wildman–Crippen MR) is 113 cm³/mol. The van der Waals surface area contributed by atoms with Crippen molar-refractivity contribution in [2.24, 2.45) is 0 Å². The second-order valence-electron chi connectivity index (χ2n) is 6.40. The van der Waals surface area contributed by atoms with E-state index in [-0.39, 0.29) is 5.91 Å². The van der Waals surface area contributed by atoms with Crippen LogP contribution in [0.4, 0.5) is 11.5 Å². The van der Waals surface area contributed by atoms with Crippen LogP contribution in [0.25, 0.3) is 16.9 Å². The molecule has 0 bridgehead atoms. The maximum absolute atomic E-state index is 12.0. The smallest absolute Gasteiger partial charge is 0.251 e. The van der Waals surface area contributed by atoms with Gasteiger partial charge in [0.2, 0.25) is 0 Å². The molecule has 4 aromatic rings. The zero-order valence-electron chi connectivity index (χ0n) is 16.2. The van der Waals surface area contributed by atoms with Crippen molar-refractivity contribution in [1.82, 2.24) is 19.7 Å². The van der Waals surface area contributed by atoms with Crippen LogP contribution in [0.2, 0.25) is 0 Å². The quantitative estimate of drug-likeness (QED) is 0.524. The van der Waals surface area contributed by atoms with Crippen LogP contribution in [0.5, 0.6) is 5.75 Å². The number of methoxy groups -OCH3 is 1. The number of nitrogens with zero attached hydrogens (tertiary/aromatic N) is 3. The van der Waals surface area contributed by atoms with Crippen LogP contribution >= 0.6 is 0 Å². The molecule has 7 nitrogen and oxygen atoms in total. The minimum absolute atomic E-state index is 0.0844. The van der Waals surface area contributed by atoms with Crippen LogP contribution < -0.4 is 15.4 Å². The van der Waals surface area contributed by atoms with E-state index in [9.17, 15) is 4.79 Å². The summed E-state index contributed by atoms with van der Waals surface area (Å²) in [6.45, 7) is 2.49. The largest absolute Gasteiger partial charge is 0.497 e. The van der Waals surface area contributed by atoms with Crippen LogP contribution in [-0.4, -0.2) is 33.9 Å². The number of nitrogens with one attached hydrogen (secondary N) is 2. The molecule has 2 aromatic heterocycles. The number of imidazole rings is 1. The van der Waals surface area contributed by atoms with Crippen LogP contribution in [0, 0.1) is 0 Å². The molecule has 0 aliphatic rings. The fourth-order valence-electron chi connectivity index (χ4n) is 3.08. The molecule has 7 heteroatoms. The number of fused-ring (bicyclic) bond motifs is 1. The van der Waals surface area contributed by atoms with Gasteiger partial charge in [0.15, 0.2) is 5.65 Å². The third kappa shape index (κ3) is 3.75. The number of hydrogen-bond donors (Lipinski definition) is 2. The van der Waals surface area contributed by atoms with Crippen molar-refractivity contribution in [2.45, 2.75) is 6.92 Å². The Morgan fingerprint density at radius 1 is 1.10 bits per heavy atom. The number of ether oxygens (including phenoxy) is 1. The summed E-state index contributed by atoms with van der Waals surface area (Å²) in [6.07, 6.45) is 5.30. The molecular formula is C22H21N5O2. The first-order valence-electron chi connectivity index (χ1n) is 9.31. The molecule has 0 fully saturated rings. The van der Waals surface area contributed by atoms with Gasteiger partial charge in [0.05, 0.1) is 13.3 Å². The Labute approximate surface area is 168 Å². The third-order valence-electron chi connectivity index (χ3n) is 4.54. The van der Waals surface area contributed by atoms with Crippen LogP contribution in [0.3, 0.4) is 0 Å². The van der Waals surface area contributed by atoms with Crippen molar-refractivity contribution < 1.29 is 9.53 Å².